The molecule has 0 unspecified atom stereocenters. The Labute approximate surface area is 172 Å². The third-order valence-electron chi connectivity index (χ3n) is 4.24. The van der Waals surface area contributed by atoms with Crippen molar-refractivity contribution in [3.63, 3.8) is 0 Å². The molecule has 154 valence electrons. The van der Waals surface area contributed by atoms with Crippen LogP contribution in [0.3, 0.4) is 0 Å². The summed E-state index contributed by atoms with van der Waals surface area (Å²) >= 11 is 1.28. The first kappa shape index (κ1) is 20.9. The van der Waals surface area contributed by atoms with E-state index in [0.29, 0.717) is 22.8 Å². The van der Waals surface area contributed by atoms with Crippen molar-refractivity contribution in [3.8, 4) is 17.2 Å². The molecule has 29 heavy (non-hydrogen) atoms. The van der Waals surface area contributed by atoms with E-state index in [1.54, 1.807) is 12.1 Å². The normalized spacial score (nSPS) is 13.1. The fraction of sp³-hybridized carbons (Fsp3) is 0.211. The van der Waals surface area contributed by atoms with Crippen LogP contribution in [0.2, 0.25) is 0 Å². The van der Waals surface area contributed by atoms with Crippen LogP contribution in [-0.4, -0.2) is 46.6 Å². The number of methoxy groups -OCH3 is 3. The van der Waals surface area contributed by atoms with Gasteiger partial charge in [0.05, 0.1) is 42.4 Å². The van der Waals surface area contributed by atoms with E-state index in [1.807, 2.05) is 0 Å². The van der Waals surface area contributed by atoms with Crippen molar-refractivity contribution in [1.29, 1.82) is 0 Å². The van der Waals surface area contributed by atoms with Gasteiger partial charge in [-0.3, -0.25) is 4.72 Å². The van der Waals surface area contributed by atoms with Gasteiger partial charge >= 0.3 is 5.97 Å². The molecule has 0 radical (unpaired) electrons. The minimum absolute atomic E-state index is 0.00147. The molecule has 1 heterocycles. The van der Waals surface area contributed by atoms with E-state index < -0.39 is 16.0 Å². The van der Waals surface area contributed by atoms with Crippen molar-refractivity contribution in [2.24, 2.45) is 0 Å². The van der Waals surface area contributed by atoms with E-state index in [4.69, 9.17) is 14.2 Å². The highest BCUT2D eigenvalue weighted by Gasteiger charge is 2.28. The lowest BCUT2D eigenvalue weighted by molar-refractivity contribution is 0.0698. The Bertz CT molecular complexity index is 1090. The molecular weight excluding hydrogens is 418 g/mol. The zero-order valence-electron chi connectivity index (χ0n) is 15.9. The highest BCUT2D eigenvalue weighted by Crippen LogP contribution is 2.49. The number of para-hydroxylation sites is 1. The Morgan fingerprint density at radius 3 is 2.41 bits per heavy atom. The largest absolute Gasteiger partial charge is 0.493 e. The number of carbonyl (C=O) groups is 1. The van der Waals surface area contributed by atoms with E-state index in [-0.39, 0.29) is 21.9 Å². The summed E-state index contributed by atoms with van der Waals surface area (Å²) in [5, 5.41) is 9.27. The smallest absolute Gasteiger partial charge is 0.337 e. The Kier molecular flexibility index (Phi) is 5.94. The van der Waals surface area contributed by atoms with Gasteiger partial charge in [-0.2, -0.15) is 0 Å². The predicted octanol–water partition coefficient (Wildman–Crippen LogP) is 3.30. The van der Waals surface area contributed by atoms with Gasteiger partial charge in [0.1, 0.15) is 0 Å². The monoisotopic (exact) mass is 437 g/mol. The first-order chi connectivity index (χ1) is 13.8. The number of hydrogen-bond donors (Lipinski definition) is 2. The van der Waals surface area contributed by atoms with Crippen molar-refractivity contribution >= 4 is 39.5 Å². The molecule has 1 aliphatic rings. The highest BCUT2D eigenvalue weighted by atomic mass is 32.2. The molecule has 8 nitrogen and oxygen atoms in total. The van der Waals surface area contributed by atoms with Gasteiger partial charge in [-0.25, -0.2) is 13.2 Å². The van der Waals surface area contributed by atoms with Crippen LogP contribution in [0, 0.1) is 0 Å². The third-order valence-corrected chi connectivity index (χ3v) is 7.02. The topological polar surface area (TPSA) is 111 Å². The average molecular weight is 437 g/mol. The van der Waals surface area contributed by atoms with Crippen molar-refractivity contribution in [1.82, 2.24) is 0 Å². The second-order valence-corrected chi connectivity index (χ2v) is 8.64. The van der Waals surface area contributed by atoms with Crippen LogP contribution in [0.1, 0.15) is 15.9 Å². The molecule has 0 saturated carbocycles. The molecule has 0 spiro atoms. The molecule has 2 aromatic rings. The number of benzene rings is 2. The summed E-state index contributed by atoms with van der Waals surface area (Å²) in [5.41, 5.74) is 0.470. The minimum Gasteiger partial charge on any atom is -0.493 e. The van der Waals surface area contributed by atoms with Gasteiger partial charge in [-0.1, -0.05) is 12.1 Å². The predicted molar refractivity (Wildman–Crippen MR) is 111 cm³/mol. The highest BCUT2D eigenvalue weighted by molar-refractivity contribution is 8.02. The summed E-state index contributed by atoms with van der Waals surface area (Å²) in [5.74, 6) is 0.215. The van der Waals surface area contributed by atoms with E-state index in [9.17, 15) is 18.3 Å². The molecule has 0 saturated heterocycles. The number of sulfonamides is 1. The van der Waals surface area contributed by atoms with E-state index in [0.717, 1.165) is 4.90 Å². The van der Waals surface area contributed by atoms with Gasteiger partial charge in [0.15, 0.2) is 11.5 Å². The summed E-state index contributed by atoms with van der Waals surface area (Å²) < 4.78 is 44.3. The van der Waals surface area contributed by atoms with Crippen LogP contribution in [0.4, 0.5) is 5.69 Å². The maximum atomic E-state index is 12.9. The van der Waals surface area contributed by atoms with Gasteiger partial charge in [-0.15, -0.1) is 11.8 Å². The molecule has 0 aromatic heterocycles. The molecule has 0 fully saturated rings. The summed E-state index contributed by atoms with van der Waals surface area (Å²) in [6, 6.07) is 7.50. The first-order valence-corrected chi connectivity index (χ1v) is 10.8. The molecule has 10 heteroatoms. The zero-order chi connectivity index (χ0) is 21.2. The van der Waals surface area contributed by atoms with Crippen LogP contribution in [0.25, 0.3) is 6.08 Å². The standard InChI is InChI=1S/C19H19NO7S2/c1-25-15-9-11-8-12(10-28-18(11)17(27-3)16(15)26-2)29(23,24)20-14-7-5-4-6-13(14)19(21)22/h4-9,20H,10H2,1-3H3,(H,21,22). The molecule has 0 bridgehead atoms. The zero-order valence-corrected chi connectivity index (χ0v) is 17.5. The summed E-state index contributed by atoms with van der Waals surface area (Å²) in [7, 11) is 0.496. The van der Waals surface area contributed by atoms with Gasteiger partial charge in [0.25, 0.3) is 10.0 Å². The maximum absolute atomic E-state index is 12.9. The van der Waals surface area contributed by atoms with Gasteiger partial charge in [0.2, 0.25) is 5.75 Å². The third kappa shape index (κ3) is 3.99. The number of rotatable bonds is 7. The number of carboxylic acid groups (broad SMARTS) is 1. The van der Waals surface area contributed by atoms with Crippen LogP contribution in [-0.2, 0) is 10.0 Å². The molecule has 1 aliphatic heterocycles. The summed E-state index contributed by atoms with van der Waals surface area (Å²) in [6.45, 7) is 0. The lowest BCUT2D eigenvalue weighted by Crippen LogP contribution is -2.19. The number of fused-ring (bicyclic) bond motifs is 1. The lowest BCUT2D eigenvalue weighted by atomic mass is 10.1. The summed E-state index contributed by atoms with van der Waals surface area (Å²) in [6.07, 6.45) is 1.52. The van der Waals surface area contributed by atoms with E-state index in [1.165, 1.54) is 57.4 Å². The molecule has 3 rings (SSSR count). The Morgan fingerprint density at radius 1 is 1.10 bits per heavy atom. The fourth-order valence-electron chi connectivity index (χ4n) is 2.89. The second kappa shape index (κ2) is 8.26. The van der Waals surface area contributed by atoms with Gasteiger partial charge in [-0.05, 0) is 29.8 Å². The second-order valence-electron chi connectivity index (χ2n) is 5.92. The van der Waals surface area contributed by atoms with E-state index >= 15 is 0 Å². The van der Waals surface area contributed by atoms with Gasteiger partial charge in [0, 0.05) is 5.75 Å². The lowest BCUT2D eigenvalue weighted by Gasteiger charge is -2.22. The number of aromatic carboxylic acids is 1. The number of anilines is 1. The molecule has 0 aliphatic carbocycles. The SMILES string of the molecule is COc1cc2c(c(OC)c1OC)SCC(S(=O)(=O)Nc1ccccc1C(=O)O)=C2. The number of hydrogen-bond acceptors (Lipinski definition) is 7. The molecular formula is C19H19NO7S2. The molecule has 2 aromatic carbocycles. The number of nitrogens with one attached hydrogen (secondary N) is 1. The average Bonchev–Trinajstić information content (AvgIpc) is 2.71. The maximum Gasteiger partial charge on any atom is 0.337 e. The van der Waals surface area contributed by atoms with Crippen LogP contribution in [0.15, 0.2) is 40.1 Å². The van der Waals surface area contributed by atoms with Crippen molar-refractivity contribution in [3.05, 3.63) is 46.4 Å². The van der Waals surface area contributed by atoms with E-state index in [2.05, 4.69) is 4.72 Å². The van der Waals surface area contributed by atoms with Gasteiger partial charge < -0.3 is 19.3 Å². The van der Waals surface area contributed by atoms with Crippen LogP contribution < -0.4 is 18.9 Å². The first-order valence-electron chi connectivity index (χ1n) is 8.33. The number of carboxylic acids is 1. The van der Waals surface area contributed by atoms with Crippen molar-refractivity contribution in [2.45, 2.75) is 4.90 Å². The molecule has 2 N–H and O–H groups in total. The van der Waals surface area contributed by atoms with Crippen LogP contribution >= 0.6 is 11.8 Å². The molecule has 0 atom stereocenters. The summed E-state index contributed by atoms with van der Waals surface area (Å²) in [4.78, 5) is 12.2. The Morgan fingerprint density at radius 2 is 1.79 bits per heavy atom. The van der Waals surface area contributed by atoms with Crippen LogP contribution in [0.5, 0.6) is 17.2 Å². The quantitative estimate of drug-likeness (QED) is 0.679. The Balaban J connectivity index is 2.04. The Hall–Kier alpha value is -2.85. The van der Waals surface area contributed by atoms with Crippen molar-refractivity contribution < 1.29 is 32.5 Å². The minimum atomic E-state index is -3.98. The number of thioether (sulfide) groups is 1. The van der Waals surface area contributed by atoms with Crippen molar-refractivity contribution in [2.75, 3.05) is 31.8 Å². The molecule has 0 amide bonds. The number of ether oxygens (including phenoxy) is 3. The fourth-order valence-corrected chi connectivity index (χ4v) is 5.53.